The van der Waals surface area contributed by atoms with Crippen molar-refractivity contribution in [2.45, 2.75) is 6.92 Å². The van der Waals surface area contributed by atoms with Crippen molar-refractivity contribution in [3.63, 3.8) is 0 Å². The van der Waals surface area contributed by atoms with Gasteiger partial charge in [0.05, 0.1) is 0 Å². The third kappa shape index (κ3) is 6.67. The number of ether oxygens (including phenoxy) is 2. The monoisotopic (exact) mass is 433 g/mol. The number of esters is 2. The first kappa shape index (κ1) is 20.3. The Labute approximate surface area is 163 Å². The van der Waals surface area contributed by atoms with E-state index in [0.29, 0.717) is 16.9 Å². The van der Waals surface area contributed by atoms with E-state index in [0.717, 1.165) is 4.47 Å². The topological polar surface area (TPSA) is 98.8 Å². The molecule has 2 rings (SSSR count). The molecule has 140 valence electrons. The predicted molar refractivity (Wildman–Crippen MR) is 99.5 cm³/mol. The number of ketones is 1. The summed E-state index contributed by atoms with van der Waals surface area (Å²) in [5, 5.41) is 2.42. The first-order valence-corrected chi connectivity index (χ1v) is 8.65. The number of carbonyl (C=O) groups is 4. The predicted octanol–water partition coefficient (Wildman–Crippen LogP) is 2.53. The van der Waals surface area contributed by atoms with Crippen molar-refractivity contribution in [3.05, 3.63) is 64.1 Å². The van der Waals surface area contributed by atoms with Crippen molar-refractivity contribution < 1.29 is 28.7 Å². The summed E-state index contributed by atoms with van der Waals surface area (Å²) in [5.74, 6) is -1.73. The molecule has 8 heteroatoms. The first-order chi connectivity index (χ1) is 12.8. The summed E-state index contributed by atoms with van der Waals surface area (Å²) in [6.45, 7) is 0.460. The van der Waals surface area contributed by atoms with Crippen LogP contribution < -0.4 is 10.1 Å². The standard InChI is InChI=1S/C19H16BrNO6/c1-12(22)27-16-8-4-13(5-9-16)17(23)11-26-18(24)10-21-19(25)14-2-6-15(20)7-3-14/h2-9H,10-11H2,1H3,(H,21,25). The van der Waals surface area contributed by atoms with E-state index >= 15 is 0 Å². The maximum atomic E-state index is 12.0. The Balaban J connectivity index is 1.77. The molecule has 0 aliphatic rings. The van der Waals surface area contributed by atoms with Gasteiger partial charge >= 0.3 is 11.9 Å². The third-order valence-electron chi connectivity index (χ3n) is 3.30. The molecule has 0 aliphatic heterocycles. The molecule has 0 heterocycles. The van der Waals surface area contributed by atoms with Crippen molar-refractivity contribution in [1.29, 1.82) is 0 Å². The van der Waals surface area contributed by atoms with E-state index in [2.05, 4.69) is 21.2 Å². The molecule has 0 spiro atoms. The average Bonchev–Trinajstić information content (AvgIpc) is 2.65. The Bertz CT molecular complexity index is 846. The van der Waals surface area contributed by atoms with Crippen LogP contribution in [0.4, 0.5) is 0 Å². The summed E-state index contributed by atoms with van der Waals surface area (Å²) in [6, 6.07) is 12.5. The molecule has 2 aromatic carbocycles. The molecule has 27 heavy (non-hydrogen) atoms. The molecule has 0 radical (unpaired) electrons. The van der Waals surface area contributed by atoms with Crippen molar-refractivity contribution in [2.24, 2.45) is 0 Å². The summed E-state index contributed by atoms with van der Waals surface area (Å²) in [7, 11) is 0. The molecule has 0 aliphatic carbocycles. The highest BCUT2D eigenvalue weighted by Crippen LogP contribution is 2.13. The number of amides is 1. The Morgan fingerprint density at radius 1 is 0.926 bits per heavy atom. The fourth-order valence-corrected chi connectivity index (χ4v) is 2.28. The maximum Gasteiger partial charge on any atom is 0.325 e. The number of carbonyl (C=O) groups excluding carboxylic acids is 4. The van der Waals surface area contributed by atoms with Gasteiger partial charge in [-0.05, 0) is 48.5 Å². The van der Waals surface area contributed by atoms with E-state index in [1.165, 1.54) is 31.2 Å². The van der Waals surface area contributed by atoms with Gasteiger partial charge in [-0.25, -0.2) is 0 Å². The van der Waals surface area contributed by atoms with Crippen LogP contribution in [-0.2, 0) is 14.3 Å². The van der Waals surface area contributed by atoms with Crippen LogP contribution in [0.15, 0.2) is 53.0 Å². The molecule has 1 amide bonds. The van der Waals surface area contributed by atoms with E-state index in [-0.39, 0.29) is 6.54 Å². The van der Waals surface area contributed by atoms with Crippen LogP contribution in [0.5, 0.6) is 5.75 Å². The lowest BCUT2D eigenvalue weighted by Gasteiger charge is -2.07. The smallest absolute Gasteiger partial charge is 0.325 e. The van der Waals surface area contributed by atoms with Crippen LogP contribution in [0, 0.1) is 0 Å². The second-order valence-electron chi connectivity index (χ2n) is 5.39. The quantitative estimate of drug-likeness (QED) is 0.409. The molecule has 0 unspecified atom stereocenters. The highest BCUT2D eigenvalue weighted by Gasteiger charge is 2.12. The fourth-order valence-electron chi connectivity index (χ4n) is 2.01. The van der Waals surface area contributed by atoms with Crippen molar-refractivity contribution in [2.75, 3.05) is 13.2 Å². The minimum absolute atomic E-state index is 0.303. The van der Waals surface area contributed by atoms with E-state index in [1.807, 2.05) is 0 Å². The molecule has 0 saturated carbocycles. The number of nitrogens with one attached hydrogen (secondary N) is 1. The zero-order valence-electron chi connectivity index (χ0n) is 14.4. The number of hydrogen-bond donors (Lipinski definition) is 1. The van der Waals surface area contributed by atoms with Gasteiger partial charge in [-0.3, -0.25) is 19.2 Å². The first-order valence-electron chi connectivity index (χ1n) is 7.86. The van der Waals surface area contributed by atoms with Crippen LogP contribution in [0.3, 0.4) is 0 Å². The summed E-state index contributed by atoms with van der Waals surface area (Å²) in [5.41, 5.74) is 0.701. The van der Waals surface area contributed by atoms with Gasteiger partial charge in [-0.15, -0.1) is 0 Å². The fraction of sp³-hybridized carbons (Fsp3) is 0.158. The number of halogens is 1. The Kier molecular flexibility index (Phi) is 7.25. The van der Waals surface area contributed by atoms with E-state index < -0.39 is 30.2 Å². The average molecular weight is 434 g/mol. The number of rotatable bonds is 7. The summed E-state index contributed by atoms with van der Waals surface area (Å²) >= 11 is 3.26. The van der Waals surface area contributed by atoms with E-state index in [4.69, 9.17) is 9.47 Å². The molecule has 0 saturated heterocycles. The highest BCUT2D eigenvalue weighted by molar-refractivity contribution is 9.10. The minimum Gasteiger partial charge on any atom is -0.456 e. The van der Waals surface area contributed by atoms with Crippen LogP contribution >= 0.6 is 15.9 Å². The maximum absolute atomic E-state index is 12.0. The van der Waals surface area contributed by atoms with E-state index in [9.17, 15) is 19.2 Å². The normalized spacial score (nSPS) is 10.0. The Hall–Kier alpha value is -3.00. The lowest BCUT2D eigenvalue weighted by Crippen LogP contribution is -2.31. The second-order valence-corrected chi connectivity index (χ2v) is 6.31. The lowest BCUT2D eigenvalue weighted by atomic mass is 10.1. The SMILES string of the molecule is CC(=O)Oc1ccc(C(=O)COC(=O)CNC(=O)c2ccc(Br)cc2)cc1. The van der Waals surface area contributed by atoms with Crippen molar-refractivity contribution in [3.8, 4) is 5.75 Å². The molecule has 0 fully saturated rings. The van der Waals surface area contributed by atoms with Crippen LogP contribution in [0.2, 0.25) is 0 Å². The Morgan fingerprint density at radius 3 is 2.11 bits per heavy atom. The van der Waals surface area contributed by atoms with Crippen LogP contribution in [-0.4, -0.2) is 36.8 Å². The molecule has 1 N–H and O–H groups in total. The van der Waals surface area contributed by atoms with Gasteiger partial charge in [0.1, 0.15) is 12.3 Å². The molecule has 2 aromatic rings. The second kappa shape index (κ2) is 9.63. The van der Waals surface area contributed by atoms with Gasteiger partial charge in [0.2, 0.25) is 0 Å². The van der Waals surface area contributed by atoms with Crippen molar-refractivity contribution in [1.82, 2.24) is 5.32 Å². The highest BCUT2D eigenvalue weighted by atomic mass is 79.9. The largest absolute Gasteiger partial charge is 0.456 e. The molecule has 0 bridgehead atoms. The van der Waals surface area contributed by atoms with Crippen LogP contribution in [0.25, 0.3) is 0 Å². The third-order valence-corrected chi connectivity index (χ3v) is 3.83. The zero-order valence-corrected chi connectivity index (χ0v) is 15.9. The van der Waals surface area contributed by atoms with Crippen molar-refractivity contribution >= 4 is 39.6 Å². The van der Waals surface area contributed by atoms with Gasteiger partial charge in [-0.1, -0.05) is 15.9 Å². The summed E-state index contributed by atoms with van der Waals surface area (Å²) in [6.07, 6.45) is 0. The molecular formula is C19H16BrNO6. The summed E-state index contributed by atoms with van der Waals surface area (Å²) in [4.78, 5) is 46.4. The molecule has 7 nitrogen and oxygen atoms in total. The van der Waals surface area contributed by atoms with Gasteiger partial charge < -0.3 is 14.8 Å². The van der Waals surface area contributed by atoms with E-state index in [1.54, 1.807) is 24.3 Å². The van der Waals surface area contributed by atoms with Gasteiger partial charge in [0.15, 0.2) is 12.4 Å². The molecule has 0 atom stereocenters. The van der Waals surface area contributed by atoms with Gasteiger partial charge in [-0.2, -0.15) is 0 Å². The zero-order chi connectivity index (χ0) is 19.8. The Morgan fingerprint density at radius 2 is 1.52 bits per heavy atom. The number of benzene rings is 2. The number of hydrogen-bond acceptors (Lipinski definition) is 6. The lowest BCUT2D eigenvalue weighted by molar-refractivity contribution is -0.141. The summed E-state index contributed by atoms with van der Waals surface area (Å²) < 4.78 is 10.6. The van der Waals surface area contributed by atoms with Gasteiger partial charge in [0.25, 0.3) is 5.91 Å². The van der Waals surface area contributed by atoms with Crippen LogP contribution in [0.1, 0.15) is 27.6 Å². The van der Waals surface area contributed by atoms with Gasteiger partial charge in [0, 0.05) is 22.5 Å². The molecular weight excluding hydrogens is 418 g/mol. The molecule has 0 aromatic heterocycles. The minimum atomic E-state index is -0.731. The number of Topliss-reactive ketones (excluding diaryl/α,β-unsaturated/α-hetero) is 1.